The molecule has 0 radical (unpaired) electrons. The summed E-state index contributed by atoms with van der Waals surface area (Å²) in [5.74, 6) is 1.41. The quantitative estimate of drug-likeness (QED) is 0.900. The summed E-state index contributed by atoms with van der Waals surface area (Å²) >= 11 is 0. The van der Waals surface area contributed by atoms with Crippen LogP contribution >= 0.6 is 0 Å². The molecule has 1 N–H and O–H groups in total. The van der Waals surface area contributed by atoms with Crippen molar-refractivity contribution in [2.24, 2.45) is 5.92 Å². The van der Waals surface area contributed by atoms with E-state index in [4.69, 9.17) is 0 Å². The summed E-state index contributed by atoms with van der Waals surface area (Å²) in [6.45, 7) is 0. The number of aromatic nitrogens is 2. The summed E-state index contributed by atoms with van der Waals surface area (Å²) in [5, 5.41) is 0. The number of fused-ring (bicyclic) bond motifs is 1. The second-order valence-electron chi connectivity index (χ2n) is 6.38. The third-order valence-electron chi connectivity index (χ3n) is 4.44. The average molecular weight is 343 g/mol. The Morgan fingerprint density at radius 2 is 1.88 bits per heavy atom. The highest BCUT2D eigenvalue weighted by Crippen LogP contribution is 2.31. The van der Waals surface area contributed by atoms with E-state index in [1.807, 2.05) is 0 Å². The van der Waals surface area contributed by atoms with Crippen LogP contribution in [-0.4, -0.2) is 24.2 Å². The first-order valence-corrected chi connectivity index (χ1v) is 9.49. The van der Waals surface area contributed by atoms with Crippen molar-refractivity contribution in [3.8, 4) is 0 Å². The molecule has 2 aliphatic rings. The lowest BCUT2D eigenvalue weighted by molar-refractivity contribution is 0.0994. The van der Waals surface area contributed by atoms with Gasteiger partial charge in [0.25, 0.3) is 10.0 Å². The maximum atomic E-state index is 12.5. The van der Waals surface area contributed by atoms with Gasteiger partial charge in [0.05, 0.1) is 23.0 Å². The normalized spacial score (nSPS) is 16.9. The van der Waals surface area contributed by atoms with Gasteiger partial charge in [-0.1, -0.05) is 6.07 Å². The van der Waals surface area contributed by atoms with Crippen LogP contribution in [0.2, 0.25) is 0 Å². The van der Waals surface area contributed by atoms with Gasteiger partial charge < -0.3 is 0 Å². The molecule has 1 saturated carbocycles. The Hall–Kier alpha value is -2.28. The van der Waals surface area contributed by atoms with Gasteiger partial charge in [0, 0.05) is 18.4 Å². The Morgan fingerprint density at radius 3 is 2.58 bits per heavy atom. The summed E-state index contributed by atoms with van der Waals surface area (Å²) in [4.78, 5) is 20.3. The molecular formula is C17H17N3O3S. The van der Waals surface area contributed by atoms with Gasteiger partial charge in [-0.3, -0.25) is 9.52 Å². The van der Waals surface area contributed by atoms with E-state index in [0.29, 0.717) is 30.0 Å². The van der Waals surface area contributed by atoms with Gasteiger partial charge in [-0.05, 0) is 42.9 Å². The number of hydrogen-bond acceptors (Lipinski definition) is 5. The van der Waals surface area contributed by atoms with E-state index >= 15 is 0 Å². The number of carbonyl (C=O) groups is 1. The lowest BCUT2D eigenvalue weighted by Crippen LogP contribution is -2.14. The number of rotatable bonds is 5. The molecule has 7 heteroatoms. The number of anilines is 1. The first kappa shape index (κ1) is 15.3. The highest BCUT2D eigenvalue weighted by molar-refractivity contribution is 7.92. The molecule has 1 fully saturated rings. The molecule has 1 aromatic heterocycles. The smallest absolute Gasteiger partial charge is 0.262 e. The van der Waals surface area contributed by atoms with E-state index in [0.717, 1.165) is 17.8 Å². The van der Waals surface area contributed by atoms with Crippen molar-refractivity contribution in [2.45, 2.75) is 37.0 Å². The van der Waals surface area contributed by atoms with Gasteiger partial charge in [-0.25, -0.2) is 18.4 Å². The predicted octanol–water partition coefficient (Wildman–Crippen LogP) is 2.36. The minimum absolute atomic E-state index is 0.00480. The van der Waals surface area contributed by atoms with E-state index in [2.05, 4.69) is 14.7 Å². The molecule has 124 valence electrons. The minimum Gasteiger partial charge on any atom is -0.294 e. The molecule has 0 saturated heterocycles. The van der Waals surface area contributed by atoms with Crippen molar-refractivity contribution >= 4 is 21.5 Å². The molecule has 6 nitrogen and oxygen atoms in total. The molecule has 2 aromatic rings. The molecule has 2 aliphatic carbocycles. The van der Waals surface area contributed by atoms with Crippen LogP contribution in [0.25, 0.3) is 0 Å². The molecule has 0 atom stereocenters. The fourth-order valence-electron chi connectivity index (χ4n) is 2.89. The summed E-state index contributed by atoms with van der Waals surface area (Å²) < 4.78 is 27.5. The number of nitrogens with zero attached hydrogens (tertiary/aromatic N) is 2. The highest BCUT2D eigenvalue weighted by atomic mass is 32.2. The summed E-state index contributed by atoms with van der Waals surface area (Å²) in [7, 11) is -3.76. The molecule has 0 bridgehead atoms. The number of hydrogen-bond donors (Lipinski definition) is 1. The van der Waals surface area contributed by atoms with Crippen LogP contribution in [0.15, 0.2) is 35.5 Å². The van der Waals surface area contributed by atoms with Crippen LogP contribution in [0.5, 0.6) is 0 Å². The molecule has 0 aliphatic heterocycles. The first-order chi connectivity index (χ1) is 11.5. The van der Waals surface area contributed by atoms with Crippen LogP contribution in [-0.2, 0) is 22.9 Å². The van der Waals surface area contributed by atoms with Crippen molar-refractivity contribution in [3.05, 3.63) is 47.5 Å². The third kappa shape index (κ3) is 3.03. The van der Waals surface area contributed by atoms with Crippen LogP contribution in [0.1, 0.15) is 41.0 Å². The van der Waals surface area contributed by atoms with E-state index in [9.17, 15) is 13.2 Å². The first-order valence-electron chi connectivity index (χ1n) is 8.01. The monoisotopic (exact) mass is 343 g/mol. The topological polar surface area (TPSA) is 89.0 Å². The van der Waals surface area contributed by atoms with Gasteiger partial charge in [0.15, 0.2) is 5.78 Å². The zero-order chi connectivity index (χ0) is 16.7. The lowest BCUT2D eigenvalue weighted by atomic mass is 10.1. The SMILES string of the molecule is O=C1CCc2ccc(S(=O)(=O)Nc3cnc(CC4CC4)nc3)cc21. The lowest BCUT2D eigenvalue weighted by Gasteiger charge is -2.09. The van der Waals surface area contributed by atoms with Crippen LogP contribution < -0.4 is 4.72 Å². The van der Waals surface area contributed by atoms with Crippen LogP contribution in [0.3, 0.4) is 0 Å². The molecule has 0 spiro atoms. The van der Waals surface area contributed by atoms with Crippen molar-refractivity contribution in [1.82, 2.24) is 9.97 Å². The fraction of sp³-hybridized carbons (Fsp3) is 0.353. The van der Waals surface area contributed by atoms with E-state index in [1.54, 1.807) is 6.07 Å². The second-order valence-corrected chi connectivity index (χ2v) is 8.07. The van der Waals surface area contributed by atoms with E-state index < -0.39 is 10.0 Å². The van der Waals surface area contributed by atoms with Gasteiger partial charge in [0.2, 0.25) is 0 Å². The van der Waals surface area contributed by atoms with Gasteiger partial charge in [-0.2, -0.15) is 0 Å². The number of ketones is 1. The molecule has 1 heterocycles. The Morgan fingerprint density at radius 1 is 1.12 bits per heavy atom. The maximum Gasteiger partial charge on any atom is 0.262 e. The van der Waals surface area contributed by atoms with Gasteiger partial charge in [0.1, 0.15) is 5.82 Å². The number of benzene rings is 1. The van der Waals surface area contributed by atoms with Crippen LogP contribution in [0, 0.1) is 5.92 Å². The van der Waals surface area contributed by atoms with Gasteiger partial charge in [-0.15, -0.1) is 0 Å². The fourth-order valence-corrected chi connectivity index (χ4v) is 3.94. The minimum atomic E-state index is -3.76. The largest absolute Gasteiger partial charge is 0.294 e. The third-order valence-corrected chi connectivity index (χ3v) is 5.82. The average Bonchev–Trinajstić information content (AvgIpc) is 3.31. The number of aryl methyl sites for hydroxylation is 1. The number of carbonyl (C=O) groups excluding carboxylic acids is 1. The maximum absolute atomic E-state index is 12.5. The van der Waals surface area contributed by atoms with Crippen molar-refractivity contribution in [3.63, 3.8) is 0 Å². The summed E-state index contributed by atoms with van der Waals surface area (Å²) in [6, 6.07) is 4.70. The zero-order valence-electron chi connectivity index (χ0n) is 13.0. The number of Topliss-reactive ketones (excluding diaryl/α,β-unsaturated/α-hetero) is 1. The molecule has 0 amide bonds. The standard InChI is InChI=1S/C17H17N3O3S/c21-16-6-4-12-3-5-14(8-15(12)16)24(22,23)20-13-9-18-17(19-10-13)7-11-1-2-11/h3,5,8-11,20H,1-2,4,6-7H2. The zero-order valence-corrected chi connectivity index (χ0v) is 13.8. The summed E-state index contributed by atoms with van der Waals surface area (Å²) in [5.41, 5.74) is 1.74. The number of sulfonamides is 1. The van der Waals surface area contributed by atoms with Crippen LogP contribution in [0.4, 0.5) is 5.69 Å². The van der Waals surface area contributed by atoms with Crippen molar-refractivity contribution in [2.75, 3.05) is 4.72 Å². The molecule has 4 rings (SSSR count). The van der Waals surface area contributed by atoms with Crippen molar-refractivity contribution < 1.29 is 13.2 Å². The molecule has 0 unspecified atom stereocenters. The Bertz CT molecular complexity index is 903. The Kier molecular flexibility index (Phi) is 3.60. The highest BCUT2D eigenvalue weighted by Gasteiger charge is 2.24. The predicted molar refractivity (Wildman–Crippen MR) is 88.4 cm³/mol. The van der Waals surface area contributed by atoms with Crippen molar-refractivity contribution in [1.29, 1.82) is 0 Å². The Balaban J connectivity index is 1.54. The Labute approximate surface area is 140 Å². The van der Waals surface area contributed by atoms with Gasteiger partial charge >= 0.3 is 0 Å². The number of nitrogens with one attached hydrogen (secondary N) is 1. The molecule has 24 heavy (non-hydrogen) atoms. The summed E-state index contributed by atoms with van der Waals surface area (Å²) in [6.07, 6.45) is 7.38. The van der Waals surface area contributed by atoms with E-state index in [1.165, 1.54) is 37.4 Å². The molecule has 1 aromatic carbocycles. The molecular weight excluding hydrogens is 326 g/mol. The second kappa shape index (κ2) is 5.66. The van der Waals surface area contributed by atoms with E-state index in [-0.39, 0.29) is 10.7 Å².